The van der Waals surface area contributed by atoms with Crippen LogP contribution < -0.4 is 5.32 Å². The van der Waals surface area contributed by atoms with Crippen molar-refractivity contribution in [1.29, 1.82) is 0 Å². The van der Waals surface area contributed by atoms with Gasteiger partial charge in [-0.15, -0.1) is 0 Å². The smallest absolute Gasteiger partial charge is 0.225 e. The number of hydrogen-bond donors (Lipinski definition) is 2. The Kier molecular flexibility index (Phi) is 6.82. The molecule has 5 rings (SSSR count). The Morgan fingerprint density at radius 3 is 2.62 bits per heavy atom. The van der Waals surface area contributed by atoms with Crippen LogP contribution in [-0.4, -0.2) is 21.0 Å². The van der Waals surface area contributed by atoms with Gasteiger partial charge in [-0.05, 0) is 54.4 Å². The number of aliphatic hydroxyl groups excluding tert-OH is 1. The highest BCUT2D eigenvalue weighted by Crippen LogP contribution is 2.34. The Bertz CT molecular complexity index is 1200. The van der Waals surface area contributed by atoms with Crippen LogP contribution in [0.2, 0.25) is 0 Å². The standard InChI is InChI=1S/C29H31N3O2/c33-19-22-11-14-24-23(17-22)13-16-25-28(24)30-26(15-12-20-7-3-1-4-8-20)29(31-25)32-27(34)18-21-9-5-2-6-10-21/h1,3-4,7-8,11-12,14-15,17,21,33H,2,5-6,9-10,13,16,18-19H2,(H,31,32,34)/b15-12+. The first-order chi connectivity index (χ1) is 16.7. The number of benzene rings is 2. The van der Waals surface area contributed by atoms with Gasteiger partial charge in [-0.25, -0.2) is 9.97 Å². The second-order valence-electron chi connectivity index (χ2n) is 9.40. The van der Waals surface area contributed by atoms with Crippen LogP contribution in [0, 0.1) is 5.92 Å². The number of hydrogen-bond acceptors (Lipinski definition) is 4. The fraction of sp³-hybridized carbons (Fsp3) is 0.345. The molecular weight excluding hydrogens is 422 g/mol. The van der Waals surface area contributed by atoms with E-state index in [1.165, 1.54) is 24.8 Å². The molecule has 0 aliphatic heterocycles. The van der Waals surface area contributed by atoms with Crippen molar-refractivity contribution in [3.8, 4) is 11.3 Å². The first kappa shape index (κ1) is 22.5. The summed E-state index contributed by atoms with van der Waals surface area (Å²) in [6.45, 7) is 0.0306. The van der Waals surface area contributed by atoms with E-state index in [2.05, 4.69) is 11.4 Å². The van der Waals surface area contributed by atoms with Crippen LogP contribution in [0.4, 0.5) is 5.82 Å². The van der Waals surface area contributed by atoms with E-state index in [9.17, 15) is 9.90 Å². The predicted molar refractivity (Wildman–Crippen MR) is 136 cm³/mol. The first-order valence-corrected chi connectivity index (χ1v) is 12.4. The fourth-order valence-corrected chi connectivity index (χ4v) is 5.09. The van der Waals surface area contributed by atoms with Crippen LogP contribution in [0.25, 0.3) is 23.4 Å². The second kappa shape index (κ2) is 10.3. The SMILES string of the molecule is O=C(CC1CCCCC1)Nc1nc2c(nc1/C=C/c1ccccc1)-c1ccc(CO)cc1CC2. The number of aryl methyl sites for hydroxylation is 2. The highest BCUT2D eigenvalue weighted by Gasteiger charge is 2.23. The molecule has 1 saturated carbocycles. The molecule has 174 valence electrons. The maximum atomic E-state index is 12.9. The van der Waals surface area contributed by atoms with Crippen LogP contribution in [0.15, 0.2) is 48.5 Å². The van der Waals surface area contributed by atoms with Gasteiger partial charge in [-0.1, -0.05) is 73.9 Å². The predicted octanol–water partition coefficient (Wildman–Crippen LogP) is 5.81. The van der Waals surface area contributed by atoms with Crippen LogP contribution >= 0.6 is 0 Å². The zero-order valence-corrected chi connectivity index (χ0v) is 19.5. The summed E-state index contributed by atoms with van der Waals surface area (Å²) < 4.78 is 0. The average molecular weight is 454 g/mol. The summed E-state index contributed by atoms with van der Waals surface area (Å²) in [7, 11) is 0. The van der Waals surface area contributed by atoms with Crippen molar-refractivity contribution in [3.05, 3.63) is 76.6 Å². The largest absolute Gasteiger partial charge is 0.392 e. The molecular formula is C29H31N3O2. The molecule has 0 spiro atoms. The third-order valence-electron chi connectivity index (χ3n) is 6.92. The maximum absolute atomic E-state index is 12.9. The molecule has 0 saturated heterocycles. The van der Waals surface area contributed by atoms with E-state index in [0.717, 1.165) is 53.8 Å². The summed E-state index contributed by atoms with van der Waals surface area (Å²) in [6.07, 6.45) is 12.1. The minimum atomic E-state index is 0.0271. The number of anilines is 1. The number of aliphatic hydroxyl groups is 1. The van der Waals surface area contributed by atoms with E-state index >= 15 is 0 Å². The third-order valence-corrected chi connectivity index (χ3v) is 6.92. The highest BCUT2D eigenvalue weighted by atomic mass is 16.3. The fourth-order valence-electron chi connectivity index (χ4n) is 5.09. The summed E-state index contributed by atoms with van der Waals surface area (Å²) in [4.78, 5) is 22.8. The van der Waals surface area contributed by atoms with Crippen molar-refractivity contribution < 1.29 is 9.90 Å². The molecule has 0 bridgehead atoms. The maximum Gasteiger partial charge on any atom is 0.225 e. The van der Waals surface area contributed by atoms with Crippen molar-refractivity contribution >= 4 is 23.9 Å². The van der Waals surface area contributed by atoms with Crippen LogP contribution in [0.5, 0.6) is 0 Å². The van der Waals surface area contributed by atoms with Gasteiger partial charge in [0.25, 0.3) is 0 Å². The zero-order valence-electron chi connectivity index (χ0n) is 19.5. The topological polar surface area (TPSA) is 75.1 Å². The summed E-state index contributed by atoms with van der Waals surface area (Å²) in [6, 6.07) is 16.1. The molecule has 34 heavy (non-hydrogen) atoms. The van der Waals surface area contributed by atoms with E-state index in [1.54, 1.807) is 0 Å². The molecule has 0 unspecified atom stereocenters. The molecule has 1 aromatic heterocycles. The quantitative estimate of drug-likeness (QED) is 0.494. The number of fused-ring (bicyclic) bond motifs is 3. The number of amides is 1. The molecule has 1 heterocycles. The van der Waals surface area contributed by atoms with Crippen molar-refractivity contribution in [2.45, 2.75) is 58.0 Å². The van der Waals surface area contributed by atoms with E-state index < -0.39 is 0 Å². The first-order valence-electron chi connectivity index (χ1n) is 12.4. The number of nitrogens with zero attached hydrogens (tertiary/aromatic N) is 2. The van der Waals surface area contributed by atoms with Gasteiger partial charge < -0.3 is 10.4 Å². The Morgan fingerprint density at radius 2 is 1.82 bits per heavy atom. The summed E-state index contributed by atoms with van der Waals surface area (Å²) in [5.74, 6) is 1.04. The number of aromatic nitrogens is 2. The number of carbonyl (C=O) groups excluding carboxylic acids is 1. The van der Waals surface area contributed by atoms with Gasteiger partial charge in [-0.3, -0.25) is 4.79 Å². The highest BCUT2D eigenvalue weighted by molar-refractivity contribution is 5.92. The molecule has 2 aliphatic carbocycles. The zero-order chi connectivity index (χ0) is 23.3. The Labute approximate surface area is 201 Å². The van der Waals surface area contributed by atoms with Crippen molar-refractivity contribution in [2.75, 3.05) is 5.32 Å². The van der Waals surface area contributed by atoms with Gasteiger partial charge in [0.15, 0.2) is 5.82 Å². The summed E-state index contributed by atoms with van der Waals surface area (Å²) >= 11 is 0. The molecule has 3 aromatic rings. The molecule has 2 aromatic carbocycles. The normalized spacial score (nSPS) is 15.7. The molecule has 2 aliphatic rings. The van der Waals surface area contributed by atoms with E-state index in [-0.39, 0.29) is 12.5 Å². The van der Waals surface area contributed by atoms with Crippen LogP contribution in [0.3, 0.4) is 0 Å². The lowest BCUT2D eigenvalue weighted by Crippen LogP contribution is -2.21. The number of carbonyl (C=O) groups is 1. The molecule has 5 heteroatoms. The second-order valence-corrected chi connectivity index (χ2v) is 9.40. The van der Waals surface area contributed by atoms with E-state index in [4.69, 9.17) is 9.97 Å². The van der Waals surface area contributed by atoms with Gasteiger partial charge in [0.1, 0.15) is 5.69 Å². The molecule has 1 amide bonds. The Hall–Kier alpha value is -3.31. The van der Waals surface area contributed by atoms with Gasteiger partial charge in [0.05, 0.1) is 18.0 Å². The molecule has 5 nitrogen and oxygen atoms in total. The van der Waals surface area contributed by atoms with E-state index in [1.807, 2.05) is 54.6 Å². The van der Waals surface area contributed by atoms with Gasteiger partial charge in [0, 0.05) is 12.0 Å². The Balaban J connectivity index is 1.48. The van der Waals surface area contributed by atoms with Gasteiger partial charge in [-0.2, -0.15) is 0 Å². The monoisotopic (exact) mass is 453 g/mol. The van der Waals surface area contributed by atoms with Crippen molar-refractivity contribution in [2.24, 2.45) is 5.92 Å². The lowest BCUT2D eigenvalue weighted by molar-refractivity contribution is -0.117. The van der Waals surface area contributed by atoms with E-state index in [0.29, 0.717) is 23.9 Å². The minimum Gasteiger partial charge on any atom is -0.392 e. The Morgan fingerprint density at radius 1 is 1.00 bits per heavy atom. The molecule has 2 N–H and O–H groups in total. The molecule has 0 atom stereocenters. The summed E-state index contributed by atoms with van der Waals surface area (Å²) in [5.41, 5.74) is 6.65. The molecule has 1 fully saturated rings. The lowest BCUT2D eigenvalue weighted by atomic mass is 9.87. The van der Waals surface area contributed by atoms with Crippen LogP contribution in [-0.2, 0) is 24.2 Å². The van der Waals surface area contributed by atoms with Crippen molar-refractivity contribution in [1.82, 2.24) is 9.97 Å². The summed E-state index contributed by atoms with van der Waals surface area (Å²) in [5, 5.41) is 12.6. The van der Waals surface area contributed by atoms with Crippen LogP contribution in [0.1, 0.15) is 66.6 Å². The average Bonchev–Trinajstić information content (AvgIpc) is 2.88. The number of nitrogens with one attached hydrogen (secondary N) is 1. The lowest BCUT2D eigenvalue weighted by Gasteiger charge is -2.22. The number of rotatable bonds is 6. The minimum absolute atomic E-state index is 0.0271. The molecule has 0 radical (unpaired) electrons. The third kappa shape index (κ3) is 5.10. The van der Waals surface area contributed by atoms with Gasteiger partial charge in [0.2, 0.25) is 5.91 Å². The van der Waals surface area contributed by atoms with Crippen molar-refractivity contribution in [3.63, 3.8) is 0 Å². The van der Waals surface area contributed by atoms with Gasteiger partial charge >= 0.3 is 0 Å².